The summed E-state index contributed by atoms with van der Waals surface area (Å²) in [5.74, 6) is -2.08. The van der Waals surface area contributed by atoms with Gasteiger partial charge < -0.3 is 19.6 Å². The normalized spacial score (nSPS) is 11.8. The van der Waals surface area contributed by atoms with Crippen molar-refractivity contribution in [2.24, 2.45) is 0 Å². The van der Waals surface area contributed by atoms with Crippen molar-refractivity contribution in [3.05, 3.63) is 16.9 Å². The number of thioether (sulfide) groups is 1. The molecule has 30 heavy (non-hydrogen) atoms. The number of hydrogen-bond acceptors (Lipinski definition) is 10. The van der Waals surface area contributed by atoms with Crippen LogP contribution in [0.2, 0.25) is 0 Å². The minimum absolute atomic E-state index is 0.0740. The number of ether oxygens (including phenoxy) is 2. The number of nitrogens with one attached hydrogen (secondary N) is 1. The molecule has 0 bridgehead atoms. The lowest BCUT2D eigenvalue weighted by Crippen LogP contribution is -2.28. The largest absolute Gasteiger partial charge is 0.462 e. The summed E-state index contributed by atoms with van der Waals surface area (Å²) in [6, 6.07) is -0.769. The van der Waals surface area contributed by atoms with Gasteiger partial charge in [0.1, 0.15) is 22.9 Å². The van der Waals surface area contributed by atoms with Gasteiger partial charge in [-0.3, -0.25) is 14.7 Å². The van der Waals surface area contributed by atoms with E-state index in [1.807, 2.05) is 0 Å². The number of furan rings is 1. The van der Waals surface area contributed by atoms with E-state index in [0.29, 0.717) is 11.6 Å². The lowest BCUT2D eigenvalue weighted by atomic mass is 10.1. The smallest absolute Gasteiger partial charge is 0.344 e. The fourth-order valence-corrected chi connectivity index (χ4v) is 3.42. The van der Waals surface area contributed by atoms with Gasteiger partial charge in [0, 0.05) is 0 Å². The van der Waals surface area contributed by atoms with Crippen molar-refractivity contribution in [2.45, 2.75) is 45.3 Å². The topological polar surface area (TPSA) is 152 Å². The SMILES string of the molecule is CCOC(=O)c1c(C)oc(NC(=O)C(CC)n2c(N)nnc2SC)c1C(=O)OCC. The molecule has 0 aliphatic carbocycles. The van der Waals surface area contributed by atoms with Gasteiger partial charge in [0.15, 0.2) is 5.16 Å². The van der Waals surface area contributed by atoms with Crippen molar-refractivity contribution in [3.63, 3.8) is 0 Å². The summed E-state index contributed by atoms with van der Waals surface area (Å²) in [4.78, 5) is 37.9. The number of rotatable bonds is 9. The van der Waals surface area contributed by atoms with Gasteiger partial charge in [-0.2, -0.15) is 0 Å². The Labute approximate surface area is 177 Å². The maximum atomic E-state index is 13.0. The number of esters is 2. The van der Waals surface area contributed by atoms with Gasteiger partial charge >= 0.3 is 11.9 Å². The van der Waals surface area contributed by atoms with Crippen LogP contribution in [-0.2, 0) is 14.3 Å². The van der Waals surface area contributed by atoms with E-state index >= 15 is 0 Å². The van der Waals surface area contributed by atoms with Gasteiger partial charge in [0.2, 0.25) is 17.7 Å². The van der Waals surface area contributed by atoms with Crippen molar-refractivity contribution in [1.29, 1.82) is 0 Å². The number of anilines is 2. The highest BCUT2D eigenvalue weighted by Gasteiger charge is 2.33. The molecule has 2 aromatic rings. The van der Waals surface area contributed by atoms with Crippen molar-refractivity contribution in [3.8, 4) is 0 Å². The van der Waals surface area contributed by atoms with Crippen LogP contribution < -0.4 is 11.1 Å². The molecular formula is C18H25N5O6S. The second kappa shape index (κ2) is 10.1. The minimum Gasteiger partial charge on any atom is -0.462 e. The first kappa shape index (κ1) is 23.3. The Morgan fingerprint density at radius 3 is 2.27 bits per heavy atom. The summed E-state index contributed by atoms with van der Waals surface area (Å²) in [6.07, 6.45) is 2.14. The number of nitrogen functional groups attached to an aromatic ring is 1. The summed E-state index contributed by atoms with van der Waals surface area (Å²) < 4.78 is 17.1. The van der Waals surface area contributed by atoms with E-state index in [4.69, 9.17) is 19.6 Å². The molecule has 2 heterocycles. The van der Waals surface area contributed by atoms with Crippen LogP contribution in [0.25, 0.3) is 0 Å². The van der Waals surface area contributed by atoms with E-state index < -0.39 is 23.9 Å². The average Bonchev–Trinajstić information content (AvgIpc) is 3.22. The van der Waals surface area contributed by atoms with Gasteiger partial charge in [-0.1, -0.05) is 18.7 Å². The third-order valence-corrected chi connectivity index (χ3v) is 4.80. The highest BCUT2D eigenvalue weighted by molar-refractivity contribution is 7.98. The van der Waals surface area contributed by atoms with E-state index in [-0.39, 0.29) is 41.9 Å². The van der Waals surface area contributed by atoms with Crippen molar-refractivity contribution in [1.82, 2.24) is 14.8 Å². The Hall–Kier alpha value is -3.02. The molecule has 0 fully saturated rings. The minimum atomic E-state index is -0.811. The molecule has 1 amide bonds. The molecule has 2 rings (SSSR count). The lowest BCUT2D eigenvalue weighted by molar-refractivity contribution is -0.119. The third kappa shape index (κ3) is 4.58. The molecule has 0 aliphatic rings. The van der Waals surface area contributed by atoms with Crippen LogP contribution in [0.1, 0.15) is 59.7 Å². The Morgan fingerprint density at radius 2 is 1.73 bits per heavy atom. The van der Waals surface area contributed by atoms with E-state index in [9.17, 15) is 14.4 Å². The van der Waals surface area contributed by atoms with Crippen molar-refractivity contribution < 1.29 is 28.3 Å². The molecule has 0 aromatic carbocycles. The monoisotopic (exact) mass is 439 g/mol. The summed E-state index contributed by atoms with van der Waals surface area (Å²) in [5, 5.41) is 10.8. The number of aromatic nitrogens is 3. The molecule has 0 saturated carbocycles. The van der Waals surface area contributed by atoms with Gasteiger partial charge in [-0.15, -0.1) is 10.2 Å². The number of carbonyl (C=O) groups is 3. The fraction of sp³-hybridized carbons (Fsp3) is 0.500. The summed E-state index contributed by atoms with van der Waals surface area (Å²) in [7, 11) is 0. The number of amides is 1. The Bertz CT molecular complexity index is 938. The van der Waals surface area contributed by atoms with Crippen molar-refractivity contribution >= 4 is 41.4 Å². The molecule has 0 aliphatic heterocycles. The Morgan fingerprint density at radius 1 is 1.13 bits per heavy atom. The number of hydrogen-bond donors (Lipinski definition) is 2. The zero-order valence-corrected chi connectivity index (χ0v) is 18.3. The van der Waals surface area contributed by atoms with Gasteiger partial charge in [-0.25, -0.2) is 9.59 Å². The Balaban J connectivity index is 2.46. The highest BCUT2D eigenvalue weighted by Crippen LogP contribution is 2.31. The molecule has 1 unspecified atom stereocenters. The summed E-state index contributed by atoms with van der Waals surface area (Å²) in [5.41, 5.74) is 5.59. The summed E-state index contributed by atoms with van der Waals surface area (Å²) >= 11 is 1.28. The van der Waals surface area contributed by atoms with Gasteiger partial charge in [0.05, 0.1) is 13.2 Å². The van der Waals surface area contributed by atoms with Crippen LogP contribution in [0.4, 0.5) is 11.8 Å². The fourth-order valence-electron chi connectivity index (χ4n) is 2.88. The van der Waals surface area contributed by atoms with Gasteiger partial charge in [-0.05, 0) is 33.4 Å². The molecule has 2 aromatic heterocycles. The van der Waals surface area contributed by atoms with E-state index in [1.165, 1.54) is 23.3 Å². The van der Waals surface area contributed by atoms with Crippen LogP contribution in [0, 0.1) is 6.92 Å². The standard InChI is InChI=1S/C18H25N5O6S/c1-6-10(23-17(19)21-22-18(23)30-5)13(24)20-14-12(16(26)28-8-3)11(9(4)29-14)15(25)27-7-2/h10H,6-8H2,1-5H3,(H2,19,21)(H,20,24). The predicted octanol–water partition coefficient (Wildman–Crippen LogP) is 2.43. The van der Waals surface area contributed by atoms with Crippen LogP contribution in [0.3, 0.4) is 0 Å². The van der Waals surface area contributed by atoms with Crippen LogP contribution in [-0.4, -0.2) is 52.1 Å². The molecule has 0 spiro atoms. The van der Waals surface area contributed by atoms with E-state index in [0.717, 1.165) is 0 Å². The quantitative estimate of drug-likeness (QED) is 0.440. The summed E-state index contributed by atoms with van der Waals surface area (Å²) in [6.45, 7) is 6.72. The zero-order chi connectivity index (χ0) is 22.4. The van der Waals surface area contributed by atoms with Crippen molar-refractivity contribution in [2.75, 3.05) is 30.5 Å². The number of carbonyl (C=O) groups excluding carboxylic acids is 3. The van der Waals surface area contributed by atoms with Crippen LogP contribution in [0.15, 0.2) is 9.57 Å². The third-order valence-electron chi connectivity index (χ3n) is 4.15. The van der Waals surface area contributed by atoms with E-state index in [2.05, 4.69) is 15.5 Å². The highest BCUT2D eigenvalue weighted by atomic mass is 32.2. The molecular weight excluding hydrogens is 414 g/mol. The van der Waals surface area contributed by atoms with Crippen LogP contribution >= 0.6 is 11.8 Å². The number of aryl methyl sites for hydroxylation is 1. The number of nitrogens with zero attached hydrogens (tertiary/aromatic N) is 3. The molecule has 1 atom stereocenters. The van der Waals surface area contributed by atoms with Crippen LogP contribution in [0.5, 0.6) is 0 Å². The first-order valence-electron chi connectivity index (χ1n) is 9.33. The number of nitrogens with two attached hydrogens (primary N) is 1. The molecule has 0 radical (unpaired) electrons. The molecule has 164 valence electrons. The molecule has 12 heteroatoms. The zero-order valence-electron chi connectivity index (χ0n) is 17.5. The van der Waals surface area contributed by atoms with Gasteiger partial charge in [0.25, 0.3) is 0 Å². The average molecular weight is 439 g/mol. The maximum absolute atomic E-state index is 13.0. The first-order valence-corrected chi connectivity index (χ1v) is 10.6. The predicted molar refractivity (Wildman–Crippen MR) is 110 cm³/mol. The maximum Gasteiger partial charge on any atom is 0.344 e. The Kier molecular flexibility index (Phi) is 7.86. The molecule has 3 N–H and O–H groups in total. The second-order valence-electron chi connectivity index (χ2n) is 6.01. The lowest BCUT2D eigenvalue weighted by Gasteiger charge is -2.18. The first-order chi connectivity index (χ1) is 14.3. The molecule has 0 saturated heterocycles. The second-order valence-corrected chi connectivity index (χ2v) is 6.78. The van der Waals surface area contributed by atoms with E-state index in [1.54, 1.807) is 27.0 Å². The molecule has 11 nitrogen and oxygen atoms in total.